The van der Waals surface area contributed by atoms with Crippen LogP contribution in [0, 0.1) is 0 Å². The predicted octanol–water partition coefficient (Wildman–Crippen LogP) is 1.97. The number of aromatic nitrogens is 3. The lowest BCUT2D eigenvalue weighted by atomic mass is 10.2. The Morgan fingerprint density at radius 3 is 2.76 bits per heavy atom. The van der Waals surface area contributed by atoms with E-state index in [4.69, 9.17) is 4.52 Å². The summed E-state index contributed by atoms with van der Waals surface area (Å²) in [5.74, 6) is 1.53. The topological polar surface area (TPSA) is 58.3 Å². The zero-order valence-corrected chi connectivity index (χ0v) is 13.3. The van der Waals surface area contributed by atoms with Crippen molar-refractivity contribution in [3.63, 3.8) is 0 Å². The lowest BCUT2D eigenvalue weighted by Crippen LogP contribution is -2.46. The lowest BCUT2D eigenvalue weighted by Gasteiger charge is -2.36. The van der Waals surface area contributed by atoms with Crippen molar-refractivity contribution in [2.24, 2.45) is 0 Å². The fraction of sp³-hybridized carbons (Fsp3) is 0.643. The molecule has 3 heterocycles. The number of thiazole rings is 1. The van der Waals surface area contributed by atoms with Gasteiger partial charge in [-0.3, -0.25) is 9.80 Å². The zero-order chi connectivity index (χ0) is 14.7. The van der Waals surface area contributed by atoms with E-state index in [0.717, 1.165) is 50.9 Å². The molecule has 6 nitrogen and oxygen atoms in total. The molecule has 0 aliphatic carbocycles. The molecule has 7 heteroatoms. The lowest BCUT2D eigenvalue weighted by molar-refractivity contribution is 0.0839. The van der Waals surface area contributed by atoms with Crippen LogP contribution in [0.25, 0.3) is 0 Å². The Morgan fingerprint density at radius 2 is 2.14 bits per heavy atom. The largest absolute Gasteiger partial charge is 0.338 e. The molecule has 1 saturated heterocycles. The van der Waals surface area contributed by atoms with Crippen LogP contribution in [0.1, 0.15) is 37.3 Å². The summed E-state index contributed by atoms with van der Waals surface area (Å²) in [6, 6.07) is 0.194. The van der Waals surface area contributed by atoms with Crippen LogP contribution < -0.4 is 0 Å². The zero-order valence-electron chi connectivity index (χ0n) is 12.5. The molecule has 0 N–H and O–H groups in total. The minimum Gasteiger partial charge on any atom is -0.338 e. The van der Waals surface area contributed by atoms with Gasteiger partial charge in [0.2, 0.25) is 5.89 Å². The monoisotopic (exact) mass is 307 g/mol. The van der Waals surface area contributed by atoms with Gasteiger partial charge in [0.1, 0.15) is 0 Å². The molecule has 1 aliphatic heterocycles. The highest BCUT2D eigenvalue weighted by atomic mass is 32.1. The van der Waals surface area contributed by atoms with Crippen molar-refractivity contribution in [3.05, 3.63) is 28.3 Å². The van der Waals surface area contributed by atoms with E-state index in [0.29, 0.717) is 0 Å². The molecule has 2 aromatic heterocycles. The van der Waals surface area contributed by atoms with Gasteiger partial charge in [-0.15, -0.1) is 11.3 Å². The van der Waals surface area contributed by atoms with Crippen LogP contribution in [-0.4, -0.2) is 51.1 Å². The first-order valence-electron chi connectivity index (χ1n) is 7.42. The van der Waals surface area contributed by atoms with Crippen LogP contribution in [-0.2, 0) is 13.0 Å². The van der Waals surface area contributed by atoms with Gasteiger partial charge in [0.05, 0.1) is 17.2 Å². The smallest absolute Gasteiger partial charge is 0.243 e. The number of hydrogen-bond donors (Lipinski definition) is 0. The van der Waals surface area contributed by atoms with Crippen molar-refractivity contribution in [2.75, 3.05) is 26.2 Å². The normalized spacial score (nSPS) is 19.0. The fourth-order valence-corrected chi connectivity index (χ4v) is 3.14. The van der Waals surface area contributed by atoms with Gasteiger partial charge in [-0.1, -0.05) is 12.1 Å². The van der Waals surface area contributed by atoms with Crippen LogP contribution in [0.5, 0.6) is 0 Å². The van der Waals surface area contributed by atoms with Gasteiger partial charge in [-0.25, -0.2) is 4.98 Å². The fourth-order valence-electron chi connectivity index (χ4n) is 2.59. The molecular formula is C14H21N5OS. The van der Waals surface area contributed by atoms with Gasteiger partial charge in [0, 0.05) is 44.5 Å². The number of aryl methyl sites for hydroxylation is 1. The summed E-state index contributed by atoms with van der Waals surface area (Å²) in [6.45, 7) is 9.28. The highest BCUT2D eigenvalue weighted by Gasteiger charge is 2.25. The first-order chi connectivity index (χ1) is 10.3. The van der Waals surface area contributed by atoms with Crippen molar-refractivity contribution in [3.8, 4) is 0 Å². The van der Waals surface area contributed by atoms with Crippen LogP contribution in [0.4, 0.5) is 0 Å². The molecule has 0 saturated carbocycles. The number of nitrogens with zero attached hydrogens (tertiary/aromatic N) is 5. The summed E-state index contributed by atoms with van der Waals surface area (Å²) in [6.07, 6.45) is 0.817. The van der Waals surface area contributed by atoms with Gasteiger partial charge < -0.3 is 4.52 Å². The summed E-state index contributed by atoms with van der Waals surface area (Å²) >= 11 is 1.66. The number of piperazine rings is 1. The maximum absolute atomic E-state index is 5.36. The summed E-state index contributed by atoms with van der Waals surface area (Å²) < 4.78 is 5.36. The molecule has 0 radical (unpaired) electrons. The quantitative estimate of drug-likeness (QED) is 0.842. The highest BCUT2D eigenvalue weighted by Crippen LogP contribution is 2.20. The maximum Gasteiger partial charge on any atom is 0.243 e. The van der Waals surface area contributed by atoms with Crippen molar-refractivity contribution in [1.29, 1.82) is 0 Å². The van der Waals surface area contributed by atoms with E-state index in [1.807, 2.05) is 12.4 Å². The molecule has 0 aromatic carbocycles. The molecular weight excluding hydrogens is 286 g/mol. The minimum atomic E-state index is 0.194. The summed E-state index contributed by atoms with van der Waals surface area (Å²) in [5.41, 5.74) is 3.07. The van der Waals surface area contributed by atoms with Gasteiger partial charge >= 0.3 is 0 Å². The van der Waals surface area contributed by atoms with E-state index in [9.17, 15) is 0 Å². The third kappa shape index (κ3) is 3.48. The molecule has 0 bridgehead atoms. The molecule has 2 aromatic rings. The molecule has 1 fully saturated rings. The number of hydrogen-bond acceptors (Lipinski definition) is 7. The minimum absolute atomic E-state index is 0.194. The summed E-state index contributed by atoms with van der Waals surface area (Å²) in [4.78, 5) is 13.7. The molecule has 0 spiro atoms. The average Bonchev–Trinajstić information content (AvgIpc) is 3.18. The molecule has 1 atom stereocenters. The second kappa shape index (κ2) is 6.64. The molecule has 114 valence electrons. The first-order valence-corrected chi connectivity index (χ1v) is 8.36. The van der Waals surface area contributed by atoms with E-state index >= 15 is 0 Å². The van der Waals surface area contributed by atoms with E-state index in [1.165, 1.54) is 5.69 Å². The van der Waals surface area contributed by atoms with Crippen molar-refractivity contribution >= 4 is 11.3 Å². The SMILES string of the molecule is CCc1noc([C@H](C)N2CCN(Cc3cscn3)CC2)n1. The highest BCUT2D eigenvalue weighted by molar-refractivity contribution is 7.07. The average molecular weight is 307 g/mol. The Kier molecular flexibility index (Phi) is 4.62. The third-order valence-electron chi connectivity index (χ3n) is 3.98. The Labute approximate surface area is 128 Å². The molecule has 1 aliphatic rings. The van der Waals surface area contributed by atoms with Gasteiger partial charge in [-0.2, -0.15) is 4.98 Å². The van der Waals surface area contributed by atoms with Crippen LogP contribution in [0.15, 0.2) is 15.4 Å². The molecule has 21 heavy (non-hydrogen) atoms. The van der Waals surface area contributed by atoms with Gasteiger partial charge in [0.15, 0.2) is 5.82 Å². The van der Waals surface area contributed by atoms with Crippen molar-refractivity contribution in [2.45, 2.75) is 32.9 Å². The van der Waals surface area contributed by atoms with E-state index in [1.54, 1.807) is 11.3 Å². The van der Waals surface area contributed by atoms with E-state index in [2.05, 4.69) is 37.2 Å². The molecule has 0 unspecified atom stereocenters. The van der Waals surface area contributed by atoms with Gasteiger partial charge in [-0.05, 0) is 6.92 Å². The van der Waals surface area contributed by atoms with Crippen molar-refractivity contribution < 1.29 is 4.52 Å². The second-order valence-electron chi connectivity index (χ2n) is 5.37. The third-order valence-corrected chi connectivity index (χ3v) is 4.62. The standard InChI is InChI=1S/C14H21N5OS/c1-3-13-16-14(20-17-13)11(2)19-6-4-18(5-7-19)8-12-9-21-10-15-12/h9-11H,3-8H2,1-2H3/t11-/m0/s1. The maximum atomic E-state index is 5.36. The Hall–Kier alpha value is -1.31. The first kappa shape index (κ1) is 14.6. The van der Waals surface area contributed by atoms with Gasteiger partial charge in [0.25, 0.3) is 0 Å². The summed E-state index contributed by atoms with van der Waals surface area (Å²) in [5, 5.41) is 6.11. The van der Waals surface area contributed by atoms with Crippen molar-refractivity contribution in [1.82, 2.24) is 24.9 Å². The number of rotatable bonds is 5. The van der Waals surface area contributed by atoms with Crippen LogP contribution in [0.3, 0.4) is 0 Å². The molecule has 0 amide bonds. The second-order valence-corrected chi connectivity index (χ2v) is 6.09. The summed E-state index contributed by atoms with van der Waals surface area (Å²) in [7, 11) is 0. The Bertz CT molecular complexity index is 547. The molecule has 3 rings (SSSR count). The Balaban J connectivity index is 1.52. The Morgan fingerprint density at radius 1 is 1.33 bits per heavy atom. The van der Waals surface area contributed by atoms with Crippen LogP contribution in [0.2, 0.25) is 0 Å². The van der Waals surface area contributed by atoms with E-state index in [-0.39, 0.29) is 6.04 Å². The predicted molar refractivity (Wildman–Crippen MR) is 81.1 cm³/mol. The van der Waals surface area contributed by atoms with Crippen LogP contribution >= 0.6 is 11.3 Å². The van der Waals surface area contributed by atoms with E-state index < -0.39 is 0 Å².